The Hall–Kier alpha value is -8.00. The molecule has 0 heterocycles. The predicted octanol–water partition coefficient (Wildman–Crippen LogP) is 15.0. The van der Waals surface area contributed by atoms with E-state index in [1.54, 1.807) is 0 Å². The van der Waals surface area contributed by atoms with Gasteiger partial charge in [0.25, 0.3) is 0 Å². The number of fused-ring (bicyclic) bond motifs is 21. The topological polar surface area (TPSA) is 3.24 Å². The first kappa shape index (κ1) is 38.1. The Bertz CT molecular complexity index is 3660. The second-order valence-electron chi connectivity index (χ2n) is 19.8. The van der Waals surface area contributed by atoms with E-state index in [1.807, 2.05) is 0 Å². The molecule has 0 amide bonds. The summed E-state index contributed by atoms with van der Waals surface area (Å²) in [5.74, 6) is 0. The molecule has 5 aliphatic carbocycles. The summed E-state index contributed by atoms with van der Waals surface area (Å²) in [4.78, 5) is 2.69. The molecule has 0 unspecified atom stereocenters. The third-order valence-corrected chi connectivity index (χ3v) is 16.6. The largest absolute Gasteiger partial charge is 0.363 e. The summed E-state index contributed by atoms with van der Waals surface area (Å²) in [6, 6.07) is 86.3. The fourth-order valence-electron chi connectivity index (χ4n) is 14.0. The molecule has 320 valence electrons. The van der Waals surface area contributed by atoms with Crippen molar-refractivity contribution in [1.82, 2.24) is 0 Å². The highest BCUT2D eigenvalue weighted by Crippen LogP contribution is 2.61. The van der Waals surface area contributed by atoms with Crippen LogP contribution >= 0.6 is 0 Å². The molecule has 0 saturated heterocycles. The number of hydrogen-bond donors (Lipinski definition) is 0. The monoisotopic (exact) mass is 865 g/mol. The minimum Gasteiger partial charge on any atom is -0.363 e. The van der Waals surface area contributed by atoms with Crippen molar-refractivity contribution in [3.8, 4) is 33.4 Å². The number of rotatable bonds is 5. The Morgan fingerprint density at radius 2 is 0.706 bits per heavy atom. The van der Waals surface area contributed by atoms with Crippen LogP contribution in [0.5, 0.6) is 0 Å². The molecular weight excluding hydrogens is 819 g/mol. The molecule has 68 heavy (non-hydrogen) atoms. The lowest BCUT2D eigenvalue weighted by molar-refractivity contribution is 0.712. The Morgan fingerprint density at radius 3 is 1.26 bits per heavy atom. The van der Waals surface area contributed by atoms with E-state index in [2.05, 4.69) is 229 Å². The van der Waals surface area contributed by atoms with Crippen LogP contribution in [-0.2, 0) is 43.2 Å². The molecular formula is C67H47N. The van der Waals surface area contributed by atoms with E-state index in [9.17, 15) is 0 Å². The van der Waals surface area contributed by atoms with Gasteiger partial charge < -0.3 is 4.90 Å². The van der Waals surface area contributed by atoms with Crippen LogP contribution in [0, 0.1) is 0 Å². The molecule has 0 aromatic heterocycles. The fourth-order valence-corrected chi connectivity index (χ4v) is 14.0. The van der Waals surface area contributed by atoms with Crippen molar-refractivity contribution in [3.05, 3.63) is 313 Å². The molecule has 0 atom stereocenters. The van der Waals surface area contributed by atoms with E-state index in [4.69, 9.17) is 0 Å². The van der Waals surface area contributed by atoms with Crippen molar-refractivity contribution in [1.29, 1.82) is 0 Å². The van der Waals surface area contributed by atoms with E-state index in [0.717, 1.165) is 32.4 Å². The maximum absolute atomic E-state index is 2.69. The summed E-state index contributed by atoms with van der Waals surface area (Å²) in [7, 11) is 0. The molecule has 0 bridgehead atoms. The highest BCUT2D eigenvalue weighted by Gasteiger charge is 2.51. The fraction of sp³-hybridized carbons (Fsp3) is 0.104. The lowest BCUT2D eigenvalue weighted by atomic mass is 9.61. The van der Waals surface area contributed by atoms with Gasteiger partial charge in [-0.15, -0.1) is 0 Å². The van der Waals surface area contributed by atoms with E-state index < -0.39 is 10.8 Å². The van der Waals surface area contributed by atoms with E-state index in [0.29, 0.717) is 0 Å². The zero-order chi connectivity index (χ0) is 44.6. The third-order valence-electron chi connectivity index (χ3n) is 16.6. The molecule has 0 radical (unpaired) electrons. The molecule has 2 spiro atoms. The summed E-state index contributed by atoms with van der Waals surface area (Å²) < 4.78 is 0. The van der Waals surface area contributed by atoms with Crippen molar-refractivity contribution in [2.75, 3.05) is 4.90 Å². The normalized spacial score (nSPS) is 14.9. The maximum Gasteiger partial charge on any atom is 0.0719 e. The van der Waals surface area contributed by atoms with Gasteiger partial charge in [0.1, 0.15) is 0 Å². The van der Waals surface area contributed by atoms with Crippen LogP contribution in [0.15, 0.2) is 224 Å². The minimum atomic E-state index is -0.430. The summed E-state index contributed by atoms with van der Waals surface area (Å²) in [6.45, 7) is 1.54. The molecule has 10 aromatic carbocycles. The standard InChI is InChI=1S/C67H47N/c1-4-21-52-44(16-1)37-49-19-15-20-50(65(49)52)42-68(51-35-34-48-39-46-18-3-10-27-58(46)67(64(48)40-51)61-30-13-7-24-55(61)56-25-8-14-31-62(56)67)41-43-32-33-47-38-45-17-2-9-26-57(45)66(63(47)36-43)59-28-11-5-22-53(59)54-23-6-12-29-60(54)66/h1-36,40H,37-39,41-42H2. The van der Waals surface area contributed by atoms with Crippen LogP contribution in [0.25, 0.3) is 33.4 Å². The zero-order valence-corrected chi connectivity index (χ0v) is 37.8. The van der Waals surface area contributed by atoms with Crippen molar-refractivity contribution >= 4 is 5.69 Å². The number of benzene rings is 10. The lowest BCUT2D eigenvalue weighted by Crippen LogP contribution is -2.35. The molecule has 1 nitrogen and oxygen atoms in total. The van der Waals surface area contributed by atoms with Crippen LogP contribution in [0.2, 0.25) is 0 Å². The van der Waals surface area contributed by atoms with E-state index in [-0.39, 0.29) is 0 Å². The second-order valence-corrected chi connectivity index (χ2v) is 19.8. The first-order valence-corrected chi connectivity index (χ1v) is 24.4. The zero-order valence-electron chi connectivity index (χ0n) is 37.8. The first-order chi connectivity index (χ1) is 33.7. The van der Waals surface area contributed by atoms with Crippen molar-refractivity contribution < 1.29 is 0 Å². The van der Waals surface area contributed by atoms with Crippen LogP contribution in [0.3, 0.4) is 0 Å². The van der Waals surface area contributed by atoms with Crippen molar-refractivity contribution in [2.45, 2.75) is 43.2 Å². The van der Waals surface area contributed by atoms with Gasteiger partial charge in [0.15, 0.2) is 0 Å². The number of nitrogens with zero attached hydrogens (tertiary/aromatic N) is 1. The van der Waals surface area contributed by atoms with Gasteiger partial charge in [-0.3, -0.25) is 0 Å². The van der Waals surface area contributed by atoms with Gasteiger partial charge in [0.05, 0.1) is 10.8 Å². The minimum absolute atomic E-state index is 0.406. The highest BCUT2D eigenvalue weighted by molar-refractivity contribution is 5.90. The predicted molar refractivity (Wildman–Crippen MR) is 278 cm³/mol. The Balaban J connectivity index is 0.942. The van der Waals surface area contributed by atoms with E-state index in [1.165, 1.54) is 128 Å². The SMILES string of the molecule is c1ccc2c(c1)Cc1cccc(CN(Cc3ccc4c(c3)C3(c5ccccc5C4)c4ccccc4-c4ccccc43)c3ccc4c(c3)C3(c5ccccc5C4)c4ccccc4-c4ccccc43)c1-2. The van der Waals surface area contributed by atoms with Crippen molar-refractivity contribution in [3.63, 3.8) is 0 Å². The number of anilines is 1. The van der Waals surface area contributed by atoms with Gasteiger partial charge in [0.2, 0.25) is 0 Å². The van der Waals surface area contributed by atoms with Gasteiger partial charge in [-0.1, -0.05) is 212 Å². The van der Waals surface area contributed by atoms with Gasteiger partial charge in [-0.25, -0.2) is 0 Å². The first-order valence-electron chi connectivity index (χ1n) is 24.4. The summed E-state index contributed by atoms with van der Waals surface area (Å²) >= 11 is 0. The molecule has 0 fully saturated rings. The molecule has 10 aromatic rings. The maximum atomic E-state index is 2.69. The molecule has 15 rings (SSSR count). The molecule has 0 N–H and O–H groups in total. The molecule has 5 aliphatic rings. The van der Waals surface area contributed by atoms with Crippen molar-refractivity contribution in [2.24, 2.45) is 0 Å². The second kappa shape index (κ2) is 14.3. The van der Waals surface area contributed by atoms with Crippen LogP contribution < -0.4 is 4.90 Å². The Morgan fingerprint density at radius 1 is 0.294 bits per heavy atom. The van der Waals surface area contributed by atoms with Gasteiger partial charge in [-0.2, -0.15) is 0 Å². The van der Waals surface area contributed by atoms with Crippen LogP contribution in [0.4, 0.5) is 5.69 Å². The number of hydrogen-bond acceptors (Lipinski definition) is 1. The van der Waals surface area contributed by atoms with Crippen LogP contribution in [-0.4, -0.2) is 0 Å². The van der Waals surface area contributed by atoms with E-state index >= 15 is 0 Å². The van der Waals surface area contributed by atoms with Crippen LogP contribution in [0.1, 0.15) is 89.0 Å². The lowest BCUT2D eigenvalue weighted by Gasteiger charge is -2.41. The average molecular weight is 866 g/mol. The third kappa shape index (κ3) is 5.06. The summed E-state index contributed by atoms with van der Waals surface area (Å²) in [5.41, 5.74) is 31.0. The summed E-state index contributed by atoms with van der Waals surface area (Å²) in [5, 5.41) is 0. The van der Waals surface area contributed by atoms with Gasteiger partial charge in [0, 0.05) is 18.8 Å². The van der Waals surface area contributed by atoms with Gasteiger partial charge in [-0.05, 0) is 154 Å². The average Bonchev–Trinajstić information content (AvgIpc) is 4.03. The smallest absolute Gasteiger partial charge is 0.0719 e. The quantitative estimate of drug-likeness (QED) is 0.167. The Labute approximate surface area is 398 Å². The molecule has 1 heteroatoms. The summed E-state index contributed by atoms with van der Waals surface area (Å²) in [6.07, 6.45) is 2.82. The Kier molecular flexibility index (Phi) is 8.00. The molecule has 0 aliphatic heterocycles. The molecule has 0 saturated carbocycles. The van der Waals surface area contributed by atoms with Gasteiger partial charge >= 0.3 is 0 Å². The highest BCUT2D eigenvalue weighted by atomic mass is 15.1.